The van der Waals surface area contributed by atoms with Crippen LogP contribution in [0, 0.1) is 5.92 Å². The number of ether oxygens (including phenoxy) is 2. The molecular weight excluding hydrogens is 340 g/mol. The summed E-state index contributed by atoms with van der Waals surface area (Å²) in [4.78, 5) is 11.7. The molecule has 0 radical (unpaired) electrons. The summed E-state index contributed by atoms with van der Waals surface area (Å²) in [5.41, 5.74) is 3.12. The second kappa shape index (κ2) is 8.70. The number of rotatable bonds is 9. The highest BCUT2D eigenvalue weighted by molar-refractivity contribution is 5.69. The zero-order valence-electron chi connectivity index (χ0n) is 16.6. The van der Waals surface area contributed by atoms with Crippen LogP contribution in [0.5, 0.6) is 0 Å². The summed E-state index contributed by atoms with van der Waals surface area (Å²) in [5, 5.41) is 4.48. The van der Waals surface area contributed by atoms with Crippen LogP contribution >= 0.6 is 0 Å². The van der Waals surface area contributed by atoms with Crippen molar-refractivity contribution in [2.24, 2.45) is 5.92 Å². The molecule has 2 aromatic rings. The van der Waals surface area contributed by atoms with Crippen molar-refractivity contribution in [3.63, 3.8) is 0 Å². The van der Waals surface area contributed by atoms with Crippen LogP contribution in [0.4, 0.5) is 0 Å². The Kier molecular flexibility index (Phi) is 6.32. The van der Waals surface area contributed by atoms with Crippen molar-refractivity contribution in [3.8, 4) is 11.1 Å². The van der Waals surface area contributed by atoms with E-state index in [4.69, 9.17) is 9.47 Å². The third-order valence-corrected chi connectivity index (χ3v) is 4.44. The average Bonchev–Trinajstić information content (AvgIpc) is 3.28. The first-order valence-electron chi connectivity index (χ1n) is 9.80. The van der Waals surface area contributed by atoms with Gasteiger partial charge in [-0.3, -0.25) is 9.48 Å². The zero-order valence-corrected chi connectivity index (χ0v) is 16.6. The highest BCUT2D eigenvalue weighted by Gasteiger charge is 2.22. The lowest BCUT2D eigenvalue weighted by Crippen LogP contribution is -2.24. The van der Waals surface area contributed by atoms with Crippen molar-refractivity contribution in [3.05, 3.63) is 42.2 Å². The maximum atomic E-state index is 11.7. The van der Waals surface area contributed by atoms with Crippen LogP contribution in [-0.4, -0.2) is 34.6 Å². The lowest BCUT2D eigenvalue weighted by Gasteiger charge is -2.19. The summed E-state index contributed by atoms with van der Waals surface area (Å²) in [6.07, 6.45) is 7.85. The number of hydrogen-bond donors (Lipinski definition) is 0. The van der Waals surface area contributed by atoms with Crippen LogP contribution < -0.4 is 0 Å². The minimum atomic E-state index is -0.440. The summed E-state index contributed by atoms with van der Waals surface area (Å²) in [6, 6.07) is 8.49. The summed E-state index contributed by atoms with van der Waals surface area (Å²) in [6.45, 7) is 7.62. The summed E-state index contributed by atoms with van der Waals surface area (Å²) >= 11 is 0. The van der Waals surface area contributed by atoms with E-state index in [1.807, 2.05) is 27.0 Å². The molecule has 0 aliphatic heterocycles. The van der Waals surface area contributed by atoms with Gasteiger partial charge in [0.2, 0.25) is 0 Å². The Balaban J connectivity index is 1.42. The van der Waals surface area contributed by atoms with E-state index in [1.54, 1.807) is 0 Å². The van der Waals surface area contributed by atoms with Crippen LogP contribution in [0.25, 0.3) is 11.1 Å². The second-order valence-electron chi connectivity index (χ2n) is 8.29. The quantitative estimate of drug-likeness (QED) is 0.489. The molecule has 1 aromatic heterocycles. The number of nitrogens with zero attached hydrogens (tertiary/aromatic N) is 2. The Morgan fingerprint density at radius 1 is 1.22 bits per heavy atom. The summed E-state index contributed by atoms with van der Waals surface area (Å²) in [7, 11) is 0. The minimum Gasteiger partial charge on any atom is -0.460 e. The third-order valence-electron chi connectivity index (χ3n) is 4.44. The van der Waals surface area contributed by atoms with Crippen LogP contribution in [-0.2, 0) is 27.2 Å². The van der Waals surface area contributed by atoms with Gasteiger partial charge < -0.3 is 9.47 Å². The van der Waals surface area contributed by atoms with E-state index in [9.17, 15) is 4.79 Å². The van der Waals surface area contributed by atoms with Gasteiger partial charge in [-0.2, -0.15) is 5.10 Å². The normalized spacial score (nSPS) is 14.3. The van der Waals surface area contributed by atoms with Gasteiger partial charge in [-0.25, -0.2) is 0 Å². The fourth-order valence-corrected chi connectivity index (χ4v) is 2.92. The smallest absolute Gasteiger partial charge is 0.308 e. The molecule has 0 spiro atoms. The van der Waals surface area contributed by atoms with Crippen molar-refractivity contribution in [1.29, 1.82) is 0 Å². The predicted octanol–water partition coefficient (Wildman–Crippen LogP) is 4.25. The number of hydrogen-bond acceptors (Lipinski definition) is 4. The first-order chi connectivity index (χ1) is 12.9. The molecule has 1 fully saturated rings. The molecule has 0 N–H and O–H groups in total. The molecule has 1 aromatic carbocycles. The highest BCUT2D eigenvalue weighted by Crippen LogP contribution is 2.31. The van der Waals surface area contributed by atoms with E-state index >= 15 is 0 Å². The SMILES string of the molecule is CC(C)(C)OC(=O)CCOCCc1cccc(-c2cnn(CC3CC3)c2)c1. The van der Waals surface area contributed by atoms with Gasteiger partial charge in [-0.15, -0.1) is 0 Å². The lowest BCUT2D eigenvalue weighted by atomic mass is 10.0. The predicted molar refractivity (Wildman–Crippen MR) is 105 cm³/mol. The van der Waals surface area contributed by atoms with Gasteiger partial charge in [-0.05, 0) is 57.1 Å². The van der Waals surface area contributed by atoms with Gasteiger partial charge >= 0.3 is 5.97 Å². The Morgan fingerprint density at radius 2 is 2.04 bits per heavy atom. The number of aromatic nitrogens is 2. The van der Waals surface area contributed by atoms with Crippen molar-refractivity contribution in [2.45, 2.75) is 58.6 Å². The number of esters is 1. The molecular formula is C22H30N2O3. The monoisotopic (exact) mass is 370 g/mol. The molecule has 146 valence electrons. The number of carbonyl (C=O) groups excluding carboxylic acids is 1. The zero-order chi connectivity index (χ0) is 19.3. The molecule has 5 nitrogen and oxygen atoms in total. The van der Waals surface area contributed by atoms with Crippen LogP contribution in [0.15, 0.2) is 36.7 Å². The van der Waals surface area contributed by atoms with E-state index in [-0.39, 0.29) is 12.4 Å². The van der Waals surface area contributed by atoms with Crippen LogP contribution in [0.3, 0.4) is 0 Å². The Morgan fingerprint density at radius 3 is 2.78 bits per heavy atom. The van der Waals surface area contributed by atoms with Crippen molar-refractivity contribution in [1.82, 2.24) is 9.78 Å². The molecule has 0 bridgehead atoms. The van der Waals surface area contributed by atoms with Gasteiger partial charge in [0, 0.05) is 18.3 Å². The van der Waals surface area contributed by atoms with E-state index < -0.39 is 5.60 Å². The Hall–Kier alpha value is -2.14. The molecule has 0 amide bonds. The van der Waals surface area contributed by atoms with E-state index in [1.165, 1.54) is 24.0 Å². The molecule has 5 heteroatoms. The molecule has 1 aliphatic rings. The fourth-order valence-electron chi connectivity index (χ4n) is 2.92. The van der Waals surface area contributed by atoms with E-state index in [2.05, 4.69) is 40.2 Å². The highest BCUT2D eigenvalue weighted by atomic mass is 16.6. The minimum absolute atomic E-state index is 0.215. The Bertz CT molecular complexity index is 757. The van der Waals surface area contributed by atoms with Crippen molar-refractivity contribution >= 4 is 5.97 Å². The van der Waals surface area contributed by atoms with Crippen LogP contribution in [0.1, 0.15) is 45.6 Å². The maximum Gasteiger partial charge on any atom is 0.308 e. The van der Waals surface area contributed by atoms with Crippen molar-refractivity contribution < 1.29 is 14.3 Å². The molecule has 1 heterocycles. The molecule has 0 atom stereocenters. The lowest BCUT2D eigenvalue weighted by molar-refractivity contribution is -0.156. The fraction of sp³-hybridized carbons (Fsp3) is 0.545. The Labute approximate surface area is 161 Å². The van der Waals surface area contributed by atoms with E-state index in [0.717, 1.165) is 24.4 Å². The molecule has 0 saturated heterocycles. The maximum absolute atomic E-state index is 11.7. The van der Waals surface area contributed by atoms with Crippen molar-refractivity contribution in [2.75, 3.05) is 13.2 Å². The second-order valence-corrected chi connectivity index (χ2v) is 8.29. The first-order valence-corrected chi connectivity index (χ1v) is 9.80. The van der Waals surface area contributed by atoms with E-state index in [0.29, 0.717) is 13.2 Å². The molecule has 1 saturated carbocycles. The summed E-state index contributed by atoms with van der Waals surface area (Å²) < 4.78 is 12.9. The average molecular weight is 370 g/mol. The molecule has 1 aliphatic carbocycles. The molecule has 0 unspecified atom stereocenters. The van der Waals surface area contributed by atoms with Gasteiger partial charge in [0.05, 0.1) is 25.8 Å². The number of carbonyl (C=O) groups is 1. The molecule has 27 heavy (non-hydrogen) atoms. The third kappa shape index (κ3) is 6.83. The molecule has 3 rings (SSSR count). The van der Waals surface area contributed by atoms with Crippen LogP contribution in [0.2, 0.25) is 0 Å². The van der Waals surface area contributed by atoms with Gasteiger partial charge in [0.15, 0.2) is 0 Å². The number of benzene rings is 1. The van der Waals surface area contributed by atoms with Gasteiger partial charge in [-0.1, -0.05) is 24.3 Å². The van der Waals surface area contributed by atoms with Gasteiger partial charge in [0.1, 0.15) is 5.60 Å². The largest absolute Gasteiger partial charge is 0.460 e. The topological polar surface area (TPSA) is 53.4 Å². The van der Waals surface area contributed by atoms with Gasteiger partial charge in [0.25, 0.3) is 0 Å². The first kappa shape index (κ1) is 19.6. The standard InChI is InChI=1S/C22H30N2O3/c1-22(2,3)27-21(25)10-12-26-11-9-17-5-4-6-19(13-17)20-14-23-24(16-20)15-18-7-8-18/h4-6,13-14,16,18H,7-12,15H2,1-3H3. The summed E-state index contributed by atoms with van der Waals surface area (Å²) in [5.74, 6) is 0.606.